The molecular formula is C21H17F2N3O. The van der Waals surface area contributed by atoms with Crippen LogP contribution in [-0.4, -0.2) is 27.3 Å². The fraction of sp³-hybridized carbons (Fsp3) is 0.190. The van der Waals surface area contributed by atoms with Crippen molar-refractivity contribution in [3.63, 3.8) is 0 Å². The van der Waals surface area contributed by atoms with Crippen LogP contribution >= 0.6 is 0 Å². The molecule has 2 aromatic carbocycles. The van der Waals surface area contributed by atoms with E-state index < -0.39 is 0 Å². The maximum Gasteiger partial charge on any atom is 0.254 e. The van der Waals surface area contributed by atoms with Crippen LogP contribution in [-0.2, 0) is 13.0 Å². The van der Waals surface area contributed by atoms with Gasteiger partial charge in [-0.2, -0.15) is 0 Å². The highest BCUT2D eigenvalue weighted by atomic mass is 19.1. The molecule has 1 aliphatic heterocycles. The first-order valence-electron chi connectivity index (χ1n) is 8.67. The lowest BCUT2D eigenvalue weighted by molar-refractivity contribution is 0.0733. The lowest BCUT2D eigenvalue weighted by Crippen LogP contribution is -2.36. The number of fused-ring (bicyclic) bond motifs is 1. The Bertz CT molecular complexity index is 1020. The average molecular weight is 365 g/mol. The van der Waals surface area contributed by atoms with E-state index in [9.17, 15) is 13.6 Å². The van der Waals surface area contributed by atoms with Crippen molar-refractivity contribution in [2.45, 2.75) is 19.9 Å². The lowest BCUT2D eigenvalue weighted by atomic mass is 10.0. The van der Waals surface area contributed by atoms with Crippen LogP contribution in [0, 0.1) is 18.6 Å². The molecule has 4 rings (SSSR count). The molecule has 0 bridgehead atoms. The molecule has 0 saturated carbocycles. The van der Waals surface area contributed by atoms with Gasteiger partial charge in [0.2, 0.25) is 0 Å². The zero-order chi connectivity index (χ0) is 19.0. The van der Waals surface area contributed by atoms with Crippen LogP contribution in [0.4, 0.5) is 8.78 Å². The third kappa shape index (κ3) is 3.43. The van der Waals surface area contributed by atoms with Crippen molar-refractivity contribution in [1.29, 1.82) is 0 Å². The van der Waals surface area contributed by atoms with Gasteiger partial charge in [0.1, 0.15) is 11.6 Å². The van der Waals surface area contributed by atoms with Gasteiger partial charge in [-0.15, -0.1) is 0 Å². The summed E-state index contributed by atoms with van der Waals surface area (Å²) in [5.41, 5.74) is 3.34. The number of aryl methyl sites for hydroxylation is 1. The van der Waals surface area contributed by atoms with Gasteiger partial charge in [0.25, 0.3) is 5.91 Å². The van der Waals surface area contributed by atoms with Gasteiger partial charge in [0.05, 0.1) is 5.69 Å². The Morgan fingerprint density at radius 3 is 2.63 bits per heavy atom. The number of hydrogen-bond acceptors (Lipinski definition) is 3. The van der Waals surface area contributed by atoms with Gasteiger partial charge in [-0.25, -0.2) is 18.7 Å². The maximum atomic E-state index is 13.8. The number of halogens is 2. The second-order valence-electron chi connectivity index (χ2n) is 6.61. The lowest BCUT2D eigenvalue weighted by Gasteiger charge is -2.28. The van der Waals surface area contributed by atoms with Crippen molar-refractivity contribution in [3.8, 4) is 11.4 Å². The number of aromatic nitrogens is 2. The number of hydrogen-bond donors (Lipinski definition) is 0. The third-order valence-corrected chi connectivity index (χ3v) is 4.74. The summed E-state index contributed by atoms with van der Waals surface area (Å²) in [7, 11) is 0. The van der Waals surface area contributed by atoms with Crippen molar-refractivity contribution >= 4 is 5.91 Å². The fourth-order valence-corrected chi connectivity index (χ4v) is 3.14. The minimum Gasteiger partial charge on any atom is -0.334 e. The van der Waals surface area contributed by atoms with Crippen LogP contribution in [0.2, 0.25) is 0 Å². The highest BCUT2D eigenvalue weighted by molar-refractivity contribution is 5.94. The van der Waals surface area contributed by atoms with E-state index in [4.69, 9.17) is 0 Å². The molecular weight excluding hydrogens is 348 g/mol. The first-order valence-corrected chi connectivity index (χ1v) is 8.67. The van der Waals surface area contributed by atoms with Crippen LogP contribution in [0.25, 0.3) is 11.4 Å². The molecule has 0 radical (unpaired) electrons. The molecule has 0 saturated heterocycles. The summed E-state index contributed by atoms with van der Waals surface area (Å²) >= 11 is 0. The molecule has 0 N–H and O–H groups in total. The summed E-state index contributed by atoms with van der Waals surface area (Å²) in [5.74, 6) is -0.361. The standard InChI is InChI=1S/C21H17F2N3O/c1-13-2-3-15(10-18(13)23)21(27)26-9-8-19-16(12-26)11-24-20(25-19)14-4-6-17(22)7-5-14/h2-7,10-11H,8-9,12H2,1H3. The van der Waals surface area contributed by atoms with Crippen molar-refractivity contribution in [2.24, 2.45) is 0 Å². The molecule has 3 aromatic rings. The van der Waals surface area contributed by atoms with Crippen molar-refractivity contribution < 1.29 is 13.6 Å². The normalized spacial score (nSPS) is 13.4. The third-order valence-electron chi connectivity index (χ3n) is 4.74. The monoisotopic (exact) mass is 365 g/mol. The zero-order valence-electron chi connectivity index (χ0n) is 14.7. The van der Waals surface area contributed by atoms with Gasteiger partial charge < -0.3 is 4.90 Å². The Balaban J connectivity index is 1.55. The minimum atomic E-state index is -0.384. The van der Waals surface area contributed by atoms with Crippen LogP contribution in [0.5, 0.6) is 0 Å². The topological polar surface area (TPSA) is 46.1 Å². The Labute approximate surface area is 155 Å². The summed E-state index contributed by atoms with van der Waals surface area (Å²) in [6.45, 7) is 2.55. The van der Waals surface area contributed by atoms with E-state index in [1.165, 1.54) is 18.2 Å². The Morgan fingerprint density at radius 2 is 1.89 bits per heavy atom. The van der Waals surface area contributed by atoms with Crippen LogP contribution in [0.15, 0.2) is 48.7 Å². The zero-order valence-corrected chi connectivity index (χ0v) is 14.7. The molecule has 1 amide bonds. The number of benzene rings is 2. The minimum absolute atomic E-state index is 0.206. The molecule has 4 nitrogen and oxygen atoms in total. The number of carbonyl (C=O) groups is 1. The summed E-state index contributed by atoms with van der Waals surface area (Å²) in [6.07, 6.45) is 2.29. The van der Waals surface area contributed by atoms with E-state index in [2.05, 4.69) is 9.97 Å². The number of rotatable bonds is 2. The predicted molar refractivity (Wildman–Crippen MR) is 97.0 cm³/mol. The second kappa shape index (κ2) is 6.87. The van der Waals surface area contributed by atoms with E-state index in [1.54, 1.807) is 42.3 Å². The van der Waals surface area contributed by atoms with E-state index in [-0.39, 0.29) is 17.5 Å². The van der Waals surface area contributed by atoms with Gasteiger partial charge in [-0.1, -0.05) is 6.07 Å². The van der Waals surface area contributed by atoms with E-state index in [1.807, 2.05) is 0 Å². The molecule has 0 aliphatic carbocycles. The number of nitrogens with zero attached hydrogens (tertiary/aromatic N) is 3. The van der Waals surface area contributed by atoms with Crippen LogP contribution in [0.3, 0.4) is 0 Å². The quantitative estimate of drug-likeness (QED) is 0.691. The van der Waals surface area contributed by atoms with Gasteiger partial charge in [-0.3, -0.25) is 4.79 Å². The smallest absolute Gasteiger partial charge is 0.254 e. The maximum absolute atomic E-state index is 13.8. The molecule has 0 atom stereocenters. The molecule has 27 heavy (non-hydrogen) atoms. The van der Waals surface area contributed by atoms with Crippen LogP contribution in [0.1, 0.15) is 27.2 Å². The molecule has 136 valence electrons. The van der Waals surface area contributed by atoms with E-state index >= 15 is 0 Å². The van der Waals surface area contributed by atoms with Crippen molar-refractivity contribution in [2.75, 3.05) is 6.54 Å². The van der Waals surface area contributed by atoms with Gasteiger partial charge in [-0.05, 0) is 48.9 Å². The first-order chi connectivity index (χ1) is 13.0. The van der Waals surface area contributed by atoms with Crippen molar-refractivity contribution in [3.05, 3.63) is 82.7 Å². The van der Waals surface area contributed by atoms with Gasteiger partial charge in [0.15, 0.2) is 5.82 Å². The highest BCUT2D eigenvalue weighted by Crippen LogP contribution is 2.23. The van der Waals surface area contributed by atoms with Crippen LogP contribution < -0.4 is 0 Å². The fourth-order valence-electron chi connectivity index (χ4n) is 3.14. The summed E-state index contributed by atoms with van der Waals surface area (Å²) in [5, 5.41) is 0. The summed E-state index contributed by atoms with van der Waals surface area (Å²) in [6, 6.07) is 10.6. The van der Waals surface area contributed by atoms with E-state index in [0.29, 0.717) is 36.5 Å². The largest absolute Gasteiger partial charge is 0.334 e. The highest BCUT2D eigenvalue weighted by Gasteiger charge is 2.24. The summed E-state index contributed by atoms with van der Waals surface area (Å²) in [4.78, 5) is 23.3. The average Bonchev–Trinajstić information content (AvgIpc) is 2.69. The molecule has 1 aliphatic rings. The van der Waals surface area contributed by atoms with E-state index in [0.717, 1.165) is 16.8 Å². The Kier molecular flexibility index (Phi) is 4.39. The van der Waals surface area contributed by atoms with Gasteiger partial charge >= 0.3 is 0 Å². The summed E-state index contributed by atoms with van der Waals surface area (Å²) < 4.78 is 26.8. The first kappa shape index (κ1) is 17.3. The Hall–Kier alpha value is -3.15. The van der Waals surface area contributed by atoms with Crippen molar-refractivity contribution in [1.82, 2.24) is 14.9 Å². The second-order valence-corrected chi connectivity index (χ2v) is 6.61. The molecule has 0 spiro atoms. The predicted octanol–water partition coefficient (Wildman–Crippen LogP) is 3.93. The number of carbonyl (C=O) groups excluding carboxylic acids is 1. The molecule has 1 aromatic heterocycles. The van der Waals surface area contributed by atoms with Gasteiger partial charge in [0, 0.05) is 42.4 Å². The Morgan fingerprint density at radius 1 is 1.11 bits per heavy atom. The molecule has 6 heteroatoms. The molecule has 0 fully saturated rings. The molecule has 0 unspecified atom stereocenters. The molecule has 2 heterocycles. The number of amides is 1. The SMILES string of the molecule is Cc1ccc(C(=O)N2CCc3nc(-c4ccc(F)cc4)ncc3C2)cc1F.